The third-order valence-electron chi connectivity index (χ3n) is 6.20. The van der Waals surface area contributed by atoms with Crippen LogP contribution in [0.5, 0.6) is 0 Å². The molecule has 20 heavy (non-hydrogen) atoms. The van der Waals surface area contributed by atoms with Crippen molar-refractivity contribution in [2.24, 2.45) is 11.3 Å². The molecule has 0 aromatic carbocycles. The van der Waals surface area contributed by atoms with Crippen molar-refractivity contribution >= 4 is 5.91 Å². The Kier molecular flexibility index (Phi) is 4.34. The molecule has 3 aliphatic rings. The number of carbonyl (C=O) groups excluding carboxylic acids is 1. The number of piperidine rings is 1. The molecule has 1 N–H and O–H groups in total. The van der Waals surface area contributed by atoms with Gasteiger partial charge in [-0.05, 0) is 64.0 Å². The van der Waals surface area contributed by atoms with Gasteiger partial charge in [-0.3, -0.25) is 4.79 Å². The van der Waals surface area contributed by atoms with Gasteiger partial charge < -0.3 is 10.2 Å². The van der Waals surface area contributed by atoms with Gasteiger partial charge in [-0.1, -0.05) is 19.8 Å². The summed E-state index contributed by atoms with van der Waals surface area (Å²) in [4.78, 5) is 15.5. The van der Waals surface area contributed by atoms with Crippen LogP contribution < -0.4 is 5.32 Å². The summed E-state index contributed by atoms with van der Waals surface area (Å²) < 4.78 is 0. The van der Waals surface area contributed by atoms with Crippen LogP contribution in [0.25, 0.3) is 0 Å². The molecule has 1 atom stereocenters. The van der Waals surface area contributed by atoms with Crippen molar-refractivity contribution in [2.45, 2.75) is 70.8 Å². The second-order valence-electron chi connectivity index (χ2n) is 7.14. The first-order chi connectivity index (χ1) is 9.77. The number of hydrogen-bond acceptors (Lipinski definition) is 2. The number of rotatable bonds is 3. The zero-order chi connectivity index (χ0) is 14.0. The van der Waals surface area contributed by atoms with Crippen molar-refractivity contribution < 1.29 is 4.79 Å². The quantitative estimate of drug-likeness (QED) is 0.861. The maximum atomic E-state index is 13.2. The Morgan fingerprint density at radius 2 is 1.85 bits per heavy atom. The van der Waals surface area contributed by atoms with Crippen molar-refractivity contribution in [1.29, 1.82) is 0 Å². The molecule has 1 unspecified atom stereocenters. The third-order valence-corrected chi connectivity index (χ3v) is 6.20. The molecule has 3 heteroatoms. The van der Waals surface area contributed by atoms with Crippen LogP contribution in [0, 0.1) is 11.3 Å². The third kappa shape index (κ3) is 2.49. The molecule has 3 nitrogen and oxygen atoms in total. The smallest absolute Gasteiger partial charge is 0.229 e. The van der Waals surface area contributed by atoms with E-state index >= 15 is 0 Å². The van der Waals surface area contributed by atoms with Gasteiger partial charge in [0.1, 0.15) is 0 Å². The minimum Gasteiger partial charge on any atom is -0.339 e. The van der Waals surface area contributed by atoms with Gasteiger partial charge in [-0.15, -0.1) is 0 Å². The monoisotopic (exact) mass is 278 g/mol. The largest absolute Gasteiger partial charge is 0.339 e. The van der Waals surface area contributed by atoms with Crippen LogP contribution >= 0.6 is 0 Å². The maximum Gasteiger partial charge on any atom is 0.229 e. The van der Waals surface area contributed by atoms with E-state index in [1.165, 1.54) is 38.5 Å². The fraction of sp³-hybridized carbons (Fsp3) is 0.941. The molecule has 0 spiro atoms. The number of hydrogen-bond donors (Lipinski definition) is 1. The van der Waals surface area contributed by atoms with Gasteiger partial charge in [-0.2, -0.15) is 0 Å². The van der Waals surface area contributed by atoms with Gasteiger partial charge >= 0.3 is 0 Å². The van der Waals surface area contributed by atoms with Crippen LogP contribution in [0.3, 0.4) is 0 Å². The Hall–Kier alpha value is -0.570. The molecule has 0 aromatic heterocycles. The number of carbonyl (C=O) groups is 1. The first kappa shape index (κ1) is 14.4. The van der Waals surface area contributed by atoms with Gasteiger partial charge in [0.25, 0.3) is 0 Å². The Morgan fingerprint density at radius 3 is 2.50 bits per heavy atom. The van der Waals surface area contributed by atoms with Gasteiger partial charge in [0, 0.05) is 12.6 Å². The summed E-state index contributed by atoms with van der Waals surface area (Å²) in [5, 5.41) is 3.41. The highest BCUT2D eigenvalue weighted by molar-refractivity contribution is 5.83. The van der Waals surface area contributed by atoms with E-state index in [1.807, 2.05) is 0 Å². The number of likely N-dealkylation sites (tertiary alicyclic amines) is 1. The zero-order valence-electron chi connectivity index (χ0n) is 13.0. The molecule has 0 aromatic rings. The lowest BCUT2D eigenvalue weighted by molar-refractivity contribution is -0.146. The van der Waals surface area contributed by atoms with E-state index in [0.29, 0.717) is 11.9 Å². The topological polar surface area (TPSA) is 32.3 Å². The SMILES string of the molecule is CCC1(C(=O)N2CCCC2C2CCCC2)CCNCC1. The van der Waals surface area contributed by atoms with Crippen LogP contribution in [0.15, 0.2) is 0 Å². The Morgan fingerprint density at radius 1 is 1.15 bits per heavy atom. The molecule has 1 saturated carbocycles. The van der Waals surface area contributed by atoms with Gasteiger partial charge in [0.2, 0.25) is 5.91 Å². The number of nitrogens with zero attached hydrogens (tertiary/aromatic N) is 1. The molecule has 0 bridgehead atoms. The first-order valence-electron chi connectivity index (χ1n) is 8.79. The second kappa shape index (κ2) is 6.05. The van der Waals surface area contributed by atoms with E-state index in [2.05, 4.69) is 17.1 Å². The number of nitrogens with one attached hydrogen (secondary N) is 1. The molecule has 2 aliphatic heterocycles. The van der Waals surface area contributed by atoms with E-state index in [9.17, 15) is 4.79 Å². The fourth-order valence-electron chi connectivity index (χ4n) is 4.81. The minimum absolute atomic E-state index is 0.0492. The average Bonchev–Trinajstić information content (AvgIpc) is 3.17. The Balaban J connectivity index is 1.74. The molecular weight excluding hydrogens is 248 g/mol. The van der Waals surface area contributed by atoms with Crippen LogP contribution in [0.4, 0.5) is 0 Å². The molecule has 2 heterocycles. The molecule has 1 aliphatic carbocycles. The molecule has 1 amide bonds. The molecule has 2 saturated heterocycles. The van der Waals surface area contributed by atoms with Gasteiger partial charge in [0.15, 0.2) is 0 Å². The predicted octanol–water partition coefficient (Wildman–Crippen LogP) is 2.95. The zero-order valence-corrected chi connectivity index (χ0v) is 13.0. The lowest BCUT2D eigenvalue weighted by Crippen LogP contribution is -2.51. The predicted molar refractivity (Wildman–Crippen MR) is 81.5 cm³/mol. The molecule has 0 radical (unpaired) electrons. The van der Waals surface area contributed by atoms with Crippen molar-refractivity contribution in [3.05, 3.63) is 0 Å². The summed E-state index contributed by atoms with van der Waals surface area (Å²) in [5.41, 5.74) is -0.0492. The highest BCUT2D eigenvalue weighted by atomic mass is 16.2. The van der Waals surface area contributed by atoms with E-state index in [-0.39, 0.29) is 5.41 Å². The van der Waals surface area contributed by atoms with Crippen molar-refractivity contribution in [1.82, 2.24) is 10.2 Å². The molecule has 114 valence electrons. The standard InChI is InChI=1S/C17H30N2O/c1-2-17(9-11-18-12-10-17)16(20)19-13-5-8-15(19)14-6-3-4-7-14/h14-15,18H,2-13H2,1H3. The molecular formula is C17H30N2O. The van der Waals surface area contributed by atoms with Crippen molar-refractivity contribution in [2.75, 3.05) is 19.6 Å². The first-order valence-corrected chi connectivity index (χ1v) is 8.79. The van der Waals surface area contributed by atoms with Crippen LogP contribution in [-0.4, -0.2) is 36.5 Å². The summed E-state index contributed by atoms with van der Waals surface area (Å²) >= 11 is 0. The fourth-order valence-corrected chi connectivity index (χ4v) is 4.81. The van der Waals surface area contributed by atoms with Crippen LogP contribution in [-0.2, 0) is 4.79 Å². The van der Waals surface area contributed by atoms with Gasteiger partial charge in [-0.25, -0.2) is 0 Å². The van der Waals surface area contributed by atoms with Crippen LogP contribution in [0.2, 0.25) is 0 Å². The number of amides is 1. The molecule has 3 fully saturated rings. The lowest BCUT2D eigenvalue weighted by Gasteiger charge is -2.41. The normalized spacial score (nSPS) is 30.9. The van der Waals surface area contributed by atoms with E-state index in [0.717, 1.165) is 44.8 Å². The average molecular weight is 278 g/mol. The lowest BCUT2D eigenvalue weighted by atomic mass is 9.75. The summed E-state index contributed by atoms with van der Waals surface area (Å²) in [6, 6.07) is 0.573. The highest BCUT2D eigenvalue weighted by Crippen LogP contribution is 2.41. The highest BCUT2D eigenvalue weighted by Gasteiger charge is 2.45. The van der Waals surface area contributed by atoms with E-state index in [1.54, 1.807) is 0 Å². The summed E-state index contributed by atoms with van der Waals surface area (Å²) in [6.07, 6.45) is 11.1. The van der Waals surface area contributed by atoms with Gasteiger partial charge in [0.05, 0.1) is 5.41 Å². The second-order valence-corrected chi connectivity index (χ2v) is 7.14. The Bertz CT molecular complexity index is 343. The summed E-state index contributed by atoms with van der Waals surface area (Å²) in [6.45, 7) is 5.27. The van der Waals surface area contributed by atoms with E-state index in [4.69, 9.17) is 0 Å². The summed E-state index contributed by atoms with van der Waals surface area (Å²) in [5.74, 6) is 1.30. The van der Waals surface area contributed by atoms with Crippen molar-refractivity contribution in [3.8, 4) is 0 Å². The van der Waals surface area contributed by atoms with Crippen LogP contribution in [0.1, 0.15) is 64.7 Å². The minimum atomic E-state index is -0.0492. The maximum absolute atomic E-state index is 13.2. The Labute approximate surface area is 123 Å². The van der Waals surface area contributed by atoms with Crippen molar-refractivity contribution in [3.63, 3.8) is 0 Å². The molecule has 3 rings (SSSR count). The summed E-state index contributed by atoms with van der Waals surface area (Å²) in [7, 11) is 0. The van der Waals surface area contributed by atoms with E-state index < -0.39 is 0 Å².